The number of aromatic nitrogens is 1. The van der Waals surface area contributed by atoms with Crippen LogP contribution in [0.1, 0.15) is 11.3 Å². The molecular weight excluding hydrogens is 234 g/mol. The Labute approximate surface area is 104 Å². The van der Waals surface area contributed by atoms with E-state index >= 15 is 0 Å². The normalized spacial score (nSPS) is 13.1. The number of fused-ring (bicyclic) bond motifs is 3. The molecule has 0 bridgehead atoms. The van der Waals surface area contributed by atoms with Crippen molar-refractivity contribution in [1.82, 2.24) is 4.57 Å². The van der Waals surface area contributed by atoms with Gasteiger partial charge in [-0.3, -0.25) is 4.79 Å². The lowest BCUT2D eigenvalue weighted by Gasteiger charge is -2.21. The highest BCUT2D eigenvalue weighted by molar-refractivity contribution is 6.30. The maximum absolute atomic E-state index is 11.6. The molecule has 17 heavy (non-hydrogen) atoms. The average molecular weight is 246 g/mol. The molecule has 0 unspecified atom stereocenters. The van der Waals surface area contributed by atoms with Crippen molar-refractivity contribution in [3.05, 3.63) is 57.0 Å². The van der Waals surface area contributed by atoms with Crippen LogP contribution in [0.5, 0.6) is 0 Å². The van der Waals surface area contributed by atoms with Crippen molar-refractivity contribution in [3.8, 4) is 11.1 Å². The summed E-state index contributed by atoms with van der Waals surface area (Å²) in [5.41, 5.74) is 4.80. The first-order chi connectivity index (χ1) is 8.16. The van der Waals surface area contributed by atoms with Gasteiger partial charge in [-0.25, -0.2) is 0 Å². The molecule has 3 heteroatoms. The zero-order valence-electron chi connectivity index (χ0n) is 9.53. The minimum absolute atomic E-state index is 0.0566. The average Bonchev–Trinajstić information content (AvgIpc) is 2.33. The predicted octanol–water partition coefficient (Wildman–Crippen LogP) is 2.80. The summed E-state index contributed by atoms with van der Waals surface area (Å²) >= 11 is 6.01. The molecule has 0 saturated carbocycles. The van der Waals surface area contributed by atoms with Crippen LogP contribution < -0.4 is 5.56 Å². The van der Waals surface area contributed by atoms with E-state index in [9.17, 15) is 4.79 Å². The molecule has 2 aromatic rings. The molecule has 1 aromatic carbocycles. The fourth-order valence-corrected chi connectivity index (χ4v) is 2.70. The predicted molar refractivity (Wildman–Crippen MR) is 69.5 cm³/mol. The van der Waals surface area contributed by atoms with Crippen LogP contribution in [0.15, 0.2) is 35.1 Å². The Morgan fingerprint density at radius 1 is 1.12 bits per heavy atom. The van der Waals surface area contributed by atoms with E-state index in [0.717, 1.165) is 29.1 Å². The molecule has 1 aliphatic rings. The monoisotopic (exact) mass is 245 g/mol. The van der Waals surface area contributed by atoms with E-state index in [1.54, 1.807) is 10.6 Å². The van der Waals surface area contributed by atoms with Crippen LogP contribution in [0.4, 0.5) is 0 Å². The molecule has 0 spiro atoms. The van der Waals surface area contributed by atoms with E-state index in [0.29, 0.717) is 0 Å². The van der Waals surface area contributed by atoms with Gasteiger partial charge in [0.2, 0.25) is 5.56 Å². The quantitative estimate of drug-likeness (QED) is 0.700. The van der Waals surface area contributed by atoms with Gasteiger partial charge in [0, 0.05) is 29.4 Å². The Morgan fingerprint density at radius 2 is 1.88 bits per heavy atom. The third kappa shape index (κ3) is 1.60. The summed E-state index contributed by atoms with van der Waals surface area (Å²) in [6, 6.07) is 9.51. The molecule has 0 saturated heterocycles. The minimum atomic E-state index is 0.0566. The third-order valence-corrected chi connectivity index (χ3v) is 3.66. The fourth-order valence-electron chi connectivity index (χ4n) is 2.51. The van der Waals surface area contributed by atoms with E-state index in [1.165, 1.54) is 11.1 Å². The second-order valence-electron chi connectivity index (χ2n) is 4.39. The molecule has 1 aliphatic carbocycles. The number of pyridine rings is 1. The van der Waals surface area contributed by atoms with Crippen LogP contribution >= 0.6 is 11.6 Å². The molecule has 0 atom stereocenters. The summed E-state index contributed by atoms with van der Waals surface area (Å²) < 4.78 is 1.74. The summed E-state index contributed by atoms with van der Waals surface area (Å²) in [6.45, 7) is 0. The first-order valence-corrected chi connectivity index (χ1v) is 6.02. The van der Waals surface area contributed by atoms with E-state index in [1.807, 2.05) is 31.3 Å². The second kappa shape index (κ2) is 3.74. The zero-order chi connectivity index (χ0) is 12.0. The third-order valence-electron chi connectivity index (χ3n) is 3.43. The number of halogens is 1. The topological polar surface area (TPSA) is 22.0 Å². The number of benzene rings is 1. The minimum Gasteiger partial charge on any atom is -0.315 e. The van der Waals surface area contributed by atoms with Crippen molar-refractivity contribution in [2.45, 2.75) is 12.8 Å². The van der Waals surface area contributed by atoms with Crippen LogP contribution in [-0.2, 0) is 19.9 Å². The van der Waals surface area contributed by atoms with Gasteiger partial charge >= 0.3 is 0 Å². The van der Waals surface area contributed by atoms with Crippen molar-refractivity contribution in [3.63, 3.8) is 0 Å². The highest BCUT2D eigenvalue weighted by atomic mass is 35.5. The van der Waals surface area contributed by atoms with Gasteiger partial charge in [0.1, 0.15) is 0 Å². The van der Waals surface area contributed by atoms with E-state index in [-0.39, 0.29) is 5.56 Å². The molecular formula is C14H12ClNO. The molecule has 3 rings (SSSR count). The number of hydrogen-bond acceptors (Lipinski definition) is 1. The highest BCUT2D eigenvalue weighted by Gasteiger charge is 2.18. The van der Waals surface area contributed by atoms with Crippen LogP contribution in [-0.4, -0.2) is 4.57 Å². The molecule has 0 N–H and O–H groups in total. The molecule has 0 fully saturated rings. The number of hydrogen-bond donors (Lipinski definition) is 0. The standard InChI is InChI=1S/C14H12ClNO/c1-16-13-6-2-9-8-10(15)3-4-11(9)12(13)5-7-14(16)17/h3-5,7-8H,2,6H2,1H3. The van der Waals surface area contributed by atoms with Gasteiger partial charge in [-0.15, -0.1) is 0 Å². The second-order valence-corrected chi connectivity index (χ2v) is 4.83. The van der Waals surface area contributed by atoms with Crippen molar-refractivity contribution in [2.75, 3.05) is 0 Å². The van der Waals surface area contributed by atoms with Crippen molar-refractivity contribution in [2.24, 2.45) is 7.05 Å². The summed E-state index contributed by atoms with van der Waals surface area (Å²) in [6.07, 6.45) is 1.84. The molecule has 0 radical (unpaired) electrons. The molecule has 86 valence electrons. The van der Waals surface area contributed by atoms with Gasteiger partial charge in [0.25, 0.3) is 0 Å². The lowest BCUT2D eigenvalue weighted by Crippen LogP contribution is -2.22. The van der Waals surface area contributed by atoms with E-state index in [4.69, 9.17) is 11.6 Å². The number of nitrogens with zero attached hydrogens (tertiary/aromatic N) is 1. The smallest absolute Gasteiger partial charge is 0.250 e. The maximum Gasteiger partial charge on any atom is 0.250 e. The van der Waals surface area contributed by atoms with Gasteiger partial charge in [0.05, 0.1) is 0 Å². The van der Waals surface area contributed by atoms with E-state index < -0.39 is 0 Å². The molecule has 0 aliphatic heterocycles. The van der Waals surface area contributed by atoms with Crippen LogP contribution in [0, 0.1) is 0 Å². The highest BCUT2D eigenvalue weighted by Crippen LogP contribution is 2.33. The van der Waals surface area contributed by atoms with Gasteiger partial charge in [0.15, 0.2) is 0 Å². The van der Waals surface area contributed by atoms with Gasteiger partial charge in [-0.1, -0.05) is 17.7 Å². The van der Waals surface area contributed by atoms with Crippen molar-refractivity contribution in [1.29, 1.82) is 0 Å². The van der Waals surface area contributed by atoms with Crippen molar-refractivity contribution < 1.29 is 0 Å². The molecule has 1 aromatic heterocycles. The van der Waals surface area contributed by atoms with Gasteiger partial charge < -0.3 is 4.57 Å². The maximum atomic E-state index is 11.6. The summed E-state index contributed by atoms with van der Waals surface area (Å²) in [4.78, 5) is 11.6. The summed E-state index contributed by atoms with van der Waals surface area (Å²) in [7, 11) is 1.84. The van der Waals surface area contributed by atoms with Crippen LogP contribution in [0.25, 0.3) is 11.1 Å². The molecule has 0 amide bonds. The number of rotatable bonds is 0. The first kappa shape index (κ1) is 10.6. The number of aryl methyl sites for hydroxylation is 1. The van der Waals surface area contributed by atoms with Crippen LogP contribution in [0.3, 0.4) is 0 Å². The Morgan fingerprint density at radius 3 is 2.71 bits per heavy atom. The summed E-state index contributed by atoms with van der Waals surface area (Å²) in [5, 5.41) is 0.775. The Kier molecular flexibility index (Phi) is 2.33. The van der Waals surface area contributed by atoms with Crippen LogP contribution in [0.2, 0.25) is 5.02 Å². The lowest BCUT2D eigenvalue weighted by molar-refractivity contribution is 0.749. The fraction of sp³-hybridized carbons (Fsp3) is 0.214. The Hall–Kier alpha value is -1.54. The van der Waals surface area contributed by atoms with Gasteiger partial charge in [-0.05, 0) is 42.2 Å². The zero-order valence-corrected chi connectivity index (χ0v) is 10.3. The molecule has 1 heterocycles. The SMILES string of the molecule is Cn1c2c(ccc1=O)-c1ccc(Cl)cc1CC2. The van der Waals surface area contributed by atoms with Crippen molar-refractivity contribution >= 4 is 11.6 Å². The van der Waals surface area contributed by atoms with E-state index in [2.05, 4.69) is 0 Å². The Balaban J connectivity index is 2.31. The van der Waals surface area contributed by atoms with Gasteiger partial charge in [-0.2, -0.15) is 0 Å². The largest absolute Gasteiger partial charge is 0.315 e. The lowest BCUT2D eigenvalue weighted by atomic mass is 9.88. The Bertz CT molecular complexity index is 658. The summed E-state index contributed by atoms with van der Waals surface area (Å²) in [5.74, 6) is 0. The first-order valence-electron chi connectivity index (χ1n) is 5.64. The molecule has 2 nitrogen and oxygen atoms in total.